The standard InChI is InChI=1S/C19H27NO/c1-3-4-5-9-16(2)20-14-15-21-19-13-8-11-17-10-6-7-12-18(17)19/h6-8,10-13,16,20H,3-5,9,14-15H2,1-2H3. The van der Waals surface area contributed by atoms with Crippen LogP contribution in [0.15, 0.2) is 42.5 Å². The Hall–Kier alpha value is -1.54. The van der Waals surface area contributed by atoms with Crippen molar-refractivity contribution < 1.29 is 4.74 Å². The van der Waals surface area contributed by atoms with Crippen LogP contribution in [0.25, 0.3) is 10.8 Å². The van der Waals surface area contributed by atoms with E-state index in [0.717, 1.165) is 12.3 Å². The first-order valence-electron chi connectivity index (χ1n) is 8.15. The molecule has 0 saturated carbocycles. The highest BCUT2D eigenvalue weighted by Gasteiger charge is 2.03. The summed E-state index contributed by atoms with van der Waals surface area (Å²) in [6.45, 7) is 6.12. The summed E-state index contributed by atoms with van der Waals surface area (Å²) in [6.07, 6.45) is 5.19. The molecule has 0 heterocycles. The van der Waals surface area contributed by atoms with Crippen LogP contribution in [-0.2, 0) is 0 Å². The van der Waals surface area contributed by atoms with Crippen molar-refractivity contribution >= 4 is 10.8 Å². The molecule has 0 amide bonds. The molecule has 1 unspecified atom stereocenters. The molecule has 0 aliphatic heterocycles. The Morgan fingerprint density at radius 2 is 1.86 bits per heavy atom. The van der Waals surface area contributed by atoms with E-state index >= 15 is 0 Å². The topological polar surface area (TPSA) is 21.3 Å². The number of fused-ring (bicyclic) bond motifs is 1. The van der Waals surface area contributed by atoms with Gasteiger partial charge < -0.3 is 10.1 Å². The van der Waals surface area contributed by atoms with Crippen LogP contribution in [-0.4, -0.2) is 19.2 Å². The average Bonchev–Trinajstić information content (AvgIpc) is 2.52. The molecule has 114 valence electrons. The van der Waals surface area contributed by atoms with Crippen LogP contribution >= 0.6 is 0 Å². The van der Waals surface area contributed by atoms with E-state index in [1.165, 1.54) is 36.5 Å². The molecule has 0 spiro atoms. The lowest BCUT2D eigenvalue weighted by Gasteiger charge is -2.14. The van der Waals surface area contributed by atoms with Gasteiger partial charge in [-0.1, -0.05) is 62.6 Å². The number of nitrogens with one attached hydrogen (secondary N) is 1. The number of hydrogen-bond donors (Lipinski definition) is 1. The van der Waals surface area contributed by atoms with Gasteiger partial charge in [-0.25, -0.2) is 0 Å². The van der Waals surface area contributed by atoms with Crippen LogP contribution in [0.2, 0.25) is 0 Å². The van der Waals surface area contributed by atoms with Crippen molar-refractivity contribution in [3.8, 4) is 5.75 Å². The van der Waals surface area contributed by atoms with Gasteiger partial charge in [0.1, 0.15) is 12.4 Å². The van der Waals surface area contributed by atoms with Crippen molar-refractivity contribution in [2.24, 2.45) is 0 Å². The first-order valence-corrected chi connectivity index (χ1v) is 8.15. The fourth-order valence-corrected chi connectivity index (χ4v) is 2.59. The van der Waals surface area contributed by atoms with Crippen LogP contribution < -0.4 is 10.1 Å². The third kappa shape index (κ3) is 5.05. The molecule has 0 saturated heterocycles. The van der Waals surface area contributed by atoms with E-state index in [4.69, 9.17) is 4.74 Å². The van der Waals surface area contributed by atoms with Crippen LogP contribution in [0.3, 0.4) is 0 Å². The lowest BCUT2D eigenvalue weighted by molar-refractivity contribution is 0.307. The fourth-order valence-electron chi connectivity index (χ4n) is 2.59. The van der Waals surface area contributed by atoms with Crippen LogP contribution in [0.1, 0.15) is 39.5 Å². The summed E-state index contributed by atoms with van der Waals surface area (Å²) >= 11 is 0. The van der Waals surface area contributed by atoms with Gasteiger partial charge in [0.25, 0.3) is 0 Å². The van der Waals surface area contributed by atoms with Crippen LogP contribution in [0, 0.1) is 0 Å². The Bertz CT molecular complexity index is 533. The maximum absolute atomic E-state index is 5.93. The molecule has 0 radical (unpaired) electrons. The summed E-state index contributed by atoms with van der Waals surface area (Å²) in [4.78, 5) is 0. The third-order valence-corrected chi connectivity index (χ3v) is 3.84. The van der Waals surface area contributed by atoms with Crippen LogP contribution in [0.5, 0.6) is 5.75 Å². The lowest BCUT2D eigenvalue weighted by atomic mass is 10.1. The largest absolute Gasteiger partial charge is 0.492 e. The van der Waals surface area contributed by atoms with Crippen molar-refractivity contribution in [1.29, 1.82) is 0 Å². The Labute approximate surface area is 128 Å². The molecule has 2 aromatic rings. The predicted octanol–water partition coefficient (Wildman–Crippen LogP) is 4.78. The molecule has 1 atom stereocenters. The summed E-state index contributed by atoms with van der Waals surface area (Å²) in [6, 6.07) is 15.2. The molecule has 0 aliphatic rings. The summed E-state index contributed by atoms with van der Waals surface area (Å²) in [7, 11) is 0. The van der Waals surface area contributed by atoms with E-state index < -0.39 is 0 Å². The van der Waals surface area contributed by atoms with Crippen molar-refractivity contribution in [2.45, 2.75) is 45.6 Å². The molecule has 0 fully saturated rings. The number of hydrogen-bond acceptors (Lipinski definition) is 2. The zero-order valence-electron chi connectivity index (χ0n) is 13.3. The molecular formula is C19H27NO. The molecule has 0 aromatic heterocycles. The van der Waals surface area contributed by atoms with E-state index in [1.807, 2.05) is 6.07 Å². The van der Waals surface area contributed by atoms with Gasteiger partial charge >= 0.3 is 0 Å². The van der Waals surface area contributed by atoms with Gasteiger partial charge in [-0.3, -0.25) is 0 Å². The van der Waals surface area contributed by atoms with Crippen molar-refractivity contribution in [1.82, 2.24) is 5.32 Å². The number of unbranched alkanes of at least 4 members (excludes halogenated alkanes) is 2. The van der Waals surface area contributed by atoms with E-state index in [1.54, 1.807) is 0 Å². The maximum atomic E-state index is 5.93. The van der Waals surface area contributed by atoms with E-state index in [-0.39, 0.29) is 0 Å². The molecule has 2 aromatic carbocycles. The van der Waals surface area contributed by atoms with Crippen molar-refractivity contribution in [3.63, 3.8) is 0 Å². The summed E-state index contributed by atoms with van der Waals surface area (Å²) in [5.41, 5.74) is 0. The molecule has 21 heavy (non-hydrogen) atoms. The molecule has 2 heteroatoms. The lowest BCUT2D eigenvalue weighted by Crippen LogP contribution is -2.30. The van der Waals surface area contributed by atoms with E-state index in [9.17, 15) is 0 Å². The minimum absolute atomic E-state index is 0.577. The molecule has 2 rings (SSSR count). The van der Waals surface area contributed by atoms with E-state index in [2.05, 4.69) is 55.6 Å². The van der Waals surface area contributed by atoms with Gasteiger partial charge in [0.15, 0.2) is 0 Å². The maximum Gasteiger partial charge on any atom is 0.127 e. The molecule has 1 N–H and O–H groups in total. The van der Waals surface area contributed by atoms with Gasteiger partial charge in [-0.05, 0) is 24.8 Å². The SMILES string of the molecule is CCCCCC(C)NCCOc1cccc2ccccc12. The monoisotopic (exact) mass is 285 g/mol. The quantitative estimate of drug-likeness (QED) is 0.670. The average molecular weight is 285 g/mol. The molecule has 2 nitrogen and oxygen atoms in total. The molecular weight excluding hydrogens is 258 g/mol. The second-order valence-corrected chi connectivity index (χ2v) is 5.68. The second kappa shape index (κ2) is 8.68. The Morgan fingerprint density at radius 1 is 1.05 bits per heavy atom. The first kappa shape index (κ1) is 15.8. The highest BCUT2D eigenvalue weighted by atomic mass is 16.5. The molecule has 0 aliphatic carbocycles. The fraction of sp³-hybridized carbons (Fsp3) is 0.474. The van der Waals surface area contributed by atoms with Crippen LogP contribution in [0.4, 0.5) is 0 Å². The third-order valence-electron chi connectivity index (χ3n) is 3.84. The van der Waals surface area contributed by atoms with E-state index in [0.29, 0.717) is 12.6 Å². The Morgan fingerprint density at radius 3 is 2.71 bits per heavy atom. The van der Waals surface area contributed by atoms with Crippen molar-refractivity contribution in [2.75, 3.05) is 13.2 Å². The number of ether oxygens (including phenoxy) is 1. The number of benzene rings is 2. The summed E-state index contributed by atoms with van der Waals surface area (Å²) in [5.74, 6) is 0.980. The minimum atomic E-state index is 0.577. The highest BCUT2D eigenvalue weighted by Crippen LogP contribution is 2.24. The first-order chi connectivity index (χ1) is 10.3. The minimum Gasteiger partial charge on any atom is -0.492 e. The highest BCUT2D eigenvalue weighted by molar-refractivity contribution is 5.88. The zero-order valence-corrected chi connectivity index (χ0v) is 13.3. The van der Waals surface area contributed by atoms with Crippen molar-refractivity contribution in [3.05, 3.63) is 42.5 Å². The summed E-state index contributed by atoms with van der Waals surface area (Å²) < 4.78 is 5.93. The van der Waals surface area contributed by atoms with Gasteiger partial charge in [0.2, 0.25) is 0 Å². The van der Waals surface area contributed by atoms with Gasteiger partial charge in [0.05, 0.1) is 0 Å². The number of rotatable bonds is 9. The van der Waals surface area contributed by atoms with Gasteiger partial charge in [-0.15, -0.1) is 0 Å². The predicted molar refractivity (Wildman–Crippen MR) is 91.0 cm³/mol. The molecule has 0 bridgehead atoms. The van der Waals surface area contributed by atoms with Gasteiger partial charge in [-0.2, -0.15) is 0 Å². The Kier molecular flexibility index (Phi) is 6.55. The normalized spacial score (nSPS) is 12.5. The smallest absolute Gasteiger partial charge is 0.127 e. The van der Waals surface area contributed by atoms with Gasteiger partial charge in [0, 0.05) is 18.0 Å². The summed E-state index contributed by atoms with van der Waals surface area (Å²) in [5, 5.41) is 5.96. The second-order valence-electron chi connectivity index (χ2n) is 5.68. The Balaban J connectivity index is 1.75. The zero-order chi connectivity index (χ0) is 14.9.